The van der Waals surface area contributed by atoms with E-state index >= 15 is 0 Å². The van der Waals surface area contributed by atoms with E-state index in [1.165, 1.54) is 48.9 Å². The second kappa shape index (κ2) is 12.0. The molecule has 1 amide bonds. The van der Waals surface area contributed by atoms with Gasteiger partial charge in [-0.05, 0) is 36.4 Å². The second-order valence-corrected chi connectivity index (χ2v) is 10.2. The number of rotatable bonds is 7. The molecule has 19 heteroatoms. The third-order valence-corrected chi connectivity index (χ3v) is 6.93. The van der Waals surface area contributed by atoms with Crippen LogP contribution in [0.15, 0.2) is 53.7 Å². The summed E-state index contributed by atoms with van der Waals surface area (Å²) in [5.41, 5.74) is -0.854. The summed E-state index contributed by atoms with van der Waals surface area (Å²) in [7, 11) is 0. The maximum Gasteiger partial charge on any atom is 0.416 e. The van der Waals surface area contributed by atoms with Crippen molar-refractivity contribution < 1.29 is 36.2 Å². The Hall–Kier alpha value is -4.29. The summed E-state index contributed by atoms with van der Waals surface area (Å²) in [5, 5.41) is 20.7. The Bertz CT molecular complexity index is 1700. The molecule has 234 valence electrons. The number of piperazine rings is 1. The Kier molecular flexibility index (Phi) is 8.50. The van der Waals surface area contributed by atoms with Crippen LogP contribution in [0.25, 0.3) is 17.1 Å². The number of carbonyl (C=O) groups is 1. The number of hydrogen-bond donors (Lipinski definition) is 2. The number of nitrogens with zero attached hydrogens (tertiary/aromatic N) is 8. The molecule has 5 rings (SSSR count). The van der Waals surface area contributed by atoms with Crippen LogP contribution in [-0.2, 0) is 13.1 Å². The standard InChI is InChI=1S/C25H22ClF6N9O3/c26-15-5-3-14(4-6-15)21-37-40(23(44)39(21)11-18(42)25(30,31)32)12-19-35-13-41(36-19)16-2-1-7-34-20(16)22(43)38-9-8-33-17(10-38)24(27,28)29/h1-7,13,17-18,33,42H,8-12H2. The van der Waals surface area contributed by atoms with E-state index in [1.807, 2.05) is 0 Å². The van der Waals surface area contributed by atoms with Crippen LogP contribution in [0.3, 0.4) is 0 Å². The van der Waals surface area contributed by atoms with Crippen molar-refractivity contribution >= 4 is 17.5 Å². The third kappa shape index (κ3) is 6.61. The Morgan fingerprint density at radius 2 is 1.82 bits per heavy atom. The molecule has 0 spiro atoms. The van der Waals surface area contributed by atoms with Gasteiger partial charge in [-0.25, -0.2) is 24.1 Å². The third-order valence-electron chi connectivity index (χ3n) is 6.68. The summed E-state index contributed by atoms with van der Waals surface area (Å²) in [6.45, 7) is -2.24. The average molecular weight is 646 g/mol. The van der Waals surface area contributed by atoms with Crippen LogP contribution in [-0.4, -0.2) is 94.1 Å². The second-order valence-electron chi connectivity index (χ2n) is 9.71. The van der Waals surface area contributed by atoms with Gasteiger partial charge >= 0.3 is 18.0 Å². The fraction of sp³-hybridized carbons (Fsp3) is 0.360. The molecule has 1 aliphatic rings. The summed E-state index contributed by atoms with van der Waals surface area (Å²) in [5.74, 6) is -0.987. The predicted molar refractivity (Wildman–Crippen MR) is 141 cm³/mol. The van der Waals surface area contributed by atoms with Gasteiger partial charge in [-0.1, -0.05) is 11.6 Å². The van der Waals surface area contributed by atoms with Crippen LogP contribution >= 0.6 is 11.6 Å². The summed E-state index contributed by atoms with van der Waals surface area (Å²) in [6, 6.07) is 6.79. The van der Waals surface area contributed by atoms with Gasteiger partial charge in [0.2, 0.25) is 0 Å². The molecule has 1 aromatic carbocycles. The minimum absolute atomic E-state index is 0.00853. The van der Waals surface area contributed by atoms with Crippen molar-refractivity contribution in [2.24, 2.45) is 0 Å². The van der Waals surface area contributed by atoms with Gasteiger partial charge in [0, 0.05) is 36.4 Å². The summed E-state index contributed by atoms with van der Waals surface area (Å²) < 4.78 is 81.8. The Morgan fingerprint density at radius 3 is 2.50 bits per heavy atom. The van der Waals surface area contributed by atoms with Crippen molar-refractivity contribution in [3.63, 3.8) is 0 Å². The lowest BCUT2D eigenvalue weighted by Crippen LogP contribution is -2.58. The number of nitrogens with one attached hydrogen (secondary N) is 1. The van der Waals surface area contributed by atoms with E-state index in [0.29, 0.717) is 9.59 Å². The monoisotopic (exact) mass is 645 g/mol. The van der Waals surface area contributed by atoms with E-state index in [1.54, 1.807) is 0 Å². The van der Waals surface area contributed by atoms with Crippen molar-refractivity contribution in [1.29, 1.82) is 0 Å². The van der Waals surface area contributed by atoms with E-state index in [2.05, 4.69) is 25.5 Å². The number of aromatic nitrogens is 7. The van der Waals surface area contributed by atoms with Crippen molar-refractivity contribution in [3.05, 3.63) is 75.9 Å². The number of aliphatic hydroxyl groups is 1. The highest BCUT2D eigenvalue weighted by atomic mass is 35.5. The van der Waals surface area contributed by atoms with Gasteiger partial charge in [0.05, 0.1) is 12.2 Å². The summed E-state index contributed by atoms with van der Waals surface area (Å²) >= 11 is 5.90. The Balaban J connectivity index is 1.43. The molecule has 4 heterocycles. The fourth-order valence-electron chi connectivity index (χ4n) is 4.47. The molecule has 4 aromatic rings. The highest BCUT2D eigenvalue weighted by Gasteiger charge is 2.43. The summed E-state index contributed by atoms with van der Waals surface area (Å²) in [4.78, 5) is 35.5. The molecule has 1 saturated heterocycles. The minimum Gasteiger partial charge on any atom is -0.382 e. The lowest BCUT2D eigenvalue weighted by Gasteiger charge is -2.34. The van der Waals surface area contributed by atoms with Crippen molar-refractivity contribution in [2.45, 2.75) is 37.6 Å². The van der Waals surface area contributed by atoms with Crippen LogP contribution in [0.5, 0.6) is 0 Å². The lowest BCUT2D eigenvalue weighted by molar-refractivity contribution is -0.207. The SMILES string of the molecule is O=C(c1ncccc1-n1cnc(Cn2nc(-c3ccc(Cl)cc3)n(CC(O)C(F)(F)F)c2=O)n1)N1CCNC(C(F)(F)F)C1. The Labute approximate surface area is 248 Å². The predicted octanol–water partition coefficient (Wildman–Crippen LogP) is 2.29. The largest absolute Gasteiger partial charge is 0.416 e. The number of benzene rings is 1. The van der Waals surface area contributed by atoms with Crippen LogP contribution in [0, 0.1) is 0 Å². The van der Waals surface area contributed by atoms with Gasteiger partial charge < -0.3 is 15.3 Å². The number of hydrogen-bond acceptors (Lipinski definition) is 8. The maximum absolute atomic E-state index is 13.3. The van der Waals surface area contributed by atoms with Crippen LogP contribution in [0.2, 0.25) is 5.02 Å². The van der Waals surface area contributed by atoms with Crippen molar-refractivity contribution in [2.75, 3.05) is 19.6 Å². The molecule has 1 aliphatic heterocycles. The first-order valence-electron chi connectivity index (χ1n) is 12.9. The molecule has 0 saturated carbocycles. The van der Waals surface area contributed by atoms with E-state index in [-0.39, 0.29) is 41.7 Å². The molecular weight excluding hydrogens is 624 g/mol. The van der Waals surface area contributed by atoms with E-state index in [4.69, 9.17) is 11.6 Å². The smallest absolute Gasteiger partial charge is 0.382 e. The number of aliphatic hydroxyl groups excluding tert-OH is 1. The van der Waals surface area contributed by atoms with Gasteiger partial charge in [0.25, 0.3) is 5.91 Å². The van der Waals surface area contributed by atoms with Gasteiger partial charge in [0.15, 0.2) is 23.4 Å². The van der Waals surface area contributed by atoms with Crippen LogP contribution in [0.4, 0.5) is 26.3 Å². The zero-order chi connectivity index (χ0) is 31.8. The number of halogens is 7. The number of alkyl halides is 6. The Morgan fingerprint density at radius 1 is 1.09 bits per heavy atom. The average Bonchev–Trinajstić information content (AvgIpc) is 3.57. The molecule has 0 radical (unpaired) electrons. The van der Waals surface area contributed by atoms with E-state index in [9.17, 15) is 41.0 Å². The van der Waals surface area contributed by atoms with Gasteiger partial charge in [0.1, 0.15) is 18.9 Å². The first-order valence-corrected chi connectivity index (χ1v) is 13.2. The first-order chi connectivity index (χ1) is 20.7. The maximum atomic E-state index is 13.3. The highest BCUT2D eigenvalue weighted by Crippen LogP contribution is 2.25. The van der Waals surface area contributed by atoms with E-state index in [0.717, 1.165) is 14.3 Å². The molecule has 1 fully saturated rings. The molecule has 2 unspecified atom stereocenters. The van der Waals surface area contributed by atoms with Gasteiger partial charge in [-0.15, -0.1) is 10.2 Å². The normalized spacial score (nSPS) is 16.7. The van der Waals surface area contributed by atoms with Gasteiger partial charge in [-0.2, -0.15) is 26.3 Å². The molecule has 12 nitrogen and oxygen atoms in total. The minimum atomic E-state index is -5.00. The van der Waals surface area contributed by atoms with Crippen LogP contribution in [0.1, 0.15) is 16.3 Å². The lowest BCUT2D eigenvalue weighted by atomic mass is 10.1. The topological polar surface area (TPSA) is 136 Å². The molecule has 44 heavy (non-hydrogen) atoms. The molecule has 0 bridgehead atoms. The zero-order valence-electron chi connectivity index (χ0n) is 22.3. The number of carbonyl (C=O) groups excluding carboxylic acids is 1. The fourth-order valence-corrected chi connectivity index (χ4v) is 4.59. The number of amides is 1. The molecule has 3 aromatic heterocycles. The molecule has 0 aliphatic carbocycles. The molecule has 2 atom stereocenters. The summed E-state index contributed by atoms with van der Waals surface area (Å²) in [6.07, 6.45) is -9.95. The van der Waals surface area contributed by atoms with Crippen molar-refractivity contribution in [3.8, 4) is 17.1 Å². The quantitative estimate of drug-likeness (QED) is 0.293. The first kappa shape index (κ1) is 31.1. The van der Waals surface area contributed by atoms with Crippen molar-refractivity contribution in [1.82, 2.24) is 44.3 Å². The molecular formula is C25H22ClF6N9O3. The number of pyridine rings is 1. The van der Waals surface area contributed by atoms with E-state index < -0.39 is 55.7 Å². The zero-order valence-corrected chi connectivity index (χ0v) is 23.1. The van der Waals surface area contributed by atoms with Crippen LogP contribution < -0.4 is 11.0 Å². The van der Waals surface area contributed by atoms with Gasteiger partial charge in [-0.3, -0.25) is 9.36 Å². The molecule has 2 N–H and O–H groups in total. The highest BCUT2D eigenvalue weighted by molar-refractivity contribution is 6.30.